The number of rotatable bonds is 2. The van der Waals surface area contributed by atoms with Crippen LogP contribution in [0.1, 0.15) is 0 Å². The average molecular weight is 292 g/mol. The molecule has 0 saturated carbocycles. The van der Waals surface area contributed by atoms with Gasteiger partial charge in [-0.25, -0.2) is 3.96 Å². The maximum atomic E-state index is 12.4. The van der Waals surface area contributed by atoms with Crippen LogP contribution in [0.15, 0.2) is 47.3 Å². The second-order valence-corrected chi connectivity index (χ2v) is 5.43. The van der Waals surface area contributed by atoms with Crippen molar-refractivity contribution in [2.24, 2.45) is 0 Å². The van der Waals surface area contributed by atoms with Crippen LogP contribution in [0.4, 0.5) is 0 Å². The van der Waals surface area contributed by atoms with Gasteiger partial charge in [-0.05, 0) is 30.3 Å². The lowest BCUT2D eigenvalue weighted by molar-refractivity contribution is 0.413. The van der Waals surface area contributed by atoms with Gasteiger partial charge < -0.3 is 4.74 Å². The van der Waals surface area contributed by atoms with Crippen LogP contribution in [0.25, 0.3) is 15.8 Å². The molecule has 1 heterocycles. The molecule has 0 N–H and O–H groups in total. The fourth-order valence-electron chi connectivity index (χ4n) is 1.95. The van der Waals surface area contributed by atoms with E-state index in [9.17, 15) is 4.79 Å². The van der Waals surface area contributed by atoms with E-state index in [1.165, 1.54) is 11.5 Å². The van der Waals surface area contributed by atoms with Crippen LogP contribution in [0.2, 0.25) is 5.02 Å². The quantitative estimate of drug-likeness (QED) is 0.721. The van der Waals surface area contributed by atoms with Crippen molar-refractivity contribution in [1.29, 1.82) is 0 Å². The fourth-order valence-corrected chi connectivity index (χ4v) is 3.13. The zero-order chi connectivity index (χ0) is 13.4. The Morgan fingerprint density at radius 1 is 1.21 bits per heavy atom. The van der Waals surface area contributed by atoms with Crippen molar-refractivity contribution in [3.63, 3.8) is 0 Å². The molecule has 0 atom stereocenters. The summed E-state index contributed by atoms with van der Waals surface area (Å²) in [6, 6.07) is 12.7. The highest BCUT2D eigenvalue weighted by Crippen LogP contribution is 2.29. The van der Waals surface area contributed by atoms with Gasteiger partial charge in [-0.1, -0.05) is 35.3 Å². The van der Waals surface area contributed by atoms with Crippen LogP contribution < -0.4 is 10.3 Å². The van der Waals surface area contributed by atoms with Gasteiger partial charge in [0.15, 0.2) is 0 Å². The molecular formula is C14H10ClNO2S. The van der Waals surface area contributed by atoms with Crippen molar-refractivity contribution in [3.05, 3.63) is 57.8 Å². The summed E-state index contributed by atoms with van der Waals surface area (Å²) >= 11 is 7.39. The number of ether oxygens (including phenoxy) is 1. The molecule has 5 heteroatoms. The number of aromatic nitrogens is 1. The van der Waals surface area contributed by atoms with Crippen LogP contribution in [0.5, 0.6) is 5.75 Å². The molecule has 0 aliphatic rings. The van der Waals surface area contributed by atoms with Crippen LogP contribution in [0.3, 0.4) is 0 Å². The zero-order valence-electron chi connectivity index (χ0n) is 10.1. The molecule has 0 aliphatic carbocycles. The van der Waals surface area contributed by atoms with Crippen molar-refractivity contribution in [1.82, 2.24) is 3.96 Å². The number of nitrogens with zero attached hydrogens (tertiary/aromatic N) is 1. The third kappa shape index (κ3) is 2.03. The van der Waals surface area contributed by atoms with Gasteiger partial charge in [-0.15, -0.1) is 0 Å². The Morgan fingerprint density at radius 3 is 2.74 bits per heavy atom. The molecule has 0 aliphatic heterocycles. The topological polar surface area (TPSA) is 31.2 Å². The van der Waals surface area contributed by atoms with E-state index in [1.807, 2.05) is 24.3 Å². The second-order valence-electron chi connectivity index (χ2n) is 4.00. The molecule has 0 unspecified atom stereocenters. The fraction of sp³-hybridized carbons (Fsp3) is 0.0714. The smallest absolute Gasteiger partial charge is 0.273 e. The van der Waals surface area contributed by atoms with Gasteiger partial charge in [0, 0.05) is 5.02 Å². The second kappa shape index (κ2) is 4.72. The van der Waals surface area contributed by atoms with Crippen LogP contribution in [0, 0.1) is 0 Å². The largest absolute Gasteiger partial charge is 0.495 e. The average Bonchev–Trinajstić information content (AvgIpc) is 2.76. The van der Waals surface area contributed by atoms with Gasteiger partial charge in [0.1, 0.15) is 11.4 Å². The van der Waals surface area contributed by atoms with Crippen molar-refractivity contribution in [2.75, 3.05) is 7.11 Å². The molecule has 0 radical (unpaired) electrons. The summed E-state index contributed by atoms with van der Waals surface area (Å²) in [6.07, 6.45) is 0. The molecule has 3 aromatic rings. The molecule has 0 fully saturated rings. The first-order chi connectivity index (χ1) is 9.20. The molecule has 19 heavy (non-hydrogen) atoms. The Bertz CT molecular complexity index is 807. The number of methoxy groups -OCH3 is 1. The monoisotopic (exact) mass is 291 g/mol. The highest BCUT2D eigenvalue weighted by atomic mass is 35.5. The van der Waals surface area contributed by atoms with E-state index in [1.54, 1.807) is 29.3 Å². The lowest BCUT2D eigenvalue weighted by Crippen LogP contribution is -2.11. The number of hydrogen-bond acceptors (Lipinski definition) is 3. The summed E-state index contributed by atoms with van der Waals surface area (Å²) in [4.78, 5) is 12.4. The van der Waals surface area contributed by atoms with Gasteiger partial charge in [-0.2, -0.15) is 0 Å². The van der Waals surface area contributed by atoms with Crippen molar-refractivity contribution in [2.45, 2.75) is 0 Å². The predicted octanol–water partition coefficient (Wildman–Crippen LogP) is 3.71. The summed E-state index contributed by atoms with van der Waals surface area (Å²) < 4.78 is 7.84. The summed E-state index contributed by atoms with van der Waals surface area (Å²) in [5.74, 6) is 0.623. The Labute approximate surface area is 118 Å². The summed E-state index contributed by atoms with van der Waals surface area (Å²) in [5, 5.41) is 1.27. The van der Waals surface area contributed by atoms with Crippen LogP contribution in [-0.2, 0) is 0 Å². The minimum absolute atomic E-state index is 0.0545. The third-order valence-corrected chi connectivity index (χ3v) is 4.18. The first-order valence-electron chi connectivity index (χ1n) is 5.65. The summed E-state index contributed by atoms with van der Waals surface area (Å²) in [5.41, 5.74) is 0.613. The van der Waals surface area contributed by atoms with Gasteiger partial charge in [0.05, 0.1) is 17.2 Å². The minimum Gasteiger partial charge on any atom is -0.495 e. The third-order valence-electron chi connectivity index (χ3n) is 2.85. The van der Waals surface area contributed by atoms with Gasteiger partial charge in [0.2, 0.25) is 0 Å². The standard InChI is InChI=1S/C14H10ClNO2S/c1-18-12-7-6-9(15)8-11(12)16-14(17)10-4-2-3-5-13(10)19-16/h2-8H,1H3. The van der Waals surface area contributed by atoms with Gasteiger partial charge in [-0.3, -0.25) is 4.79 Å². The predicted molar refractivity (Wildman–Crippen MR) is 79.0 cm³/mol. The highest BCUT2D eigenvalue weighted by molar-refractivity contribution is 7.14. The molecule has 0 saturated heterocycles. The van der Waals surface area contributed by atoms with Gasteiger partial charge >= 0.3 is 0 Å². The molecular weight excluding hydrogens is 282 g/mol. The summed E-state index contributed by atoms with van der Waals surface area (Å²) in [7, 11) is 1.57. The highest BCUT2D eigenvalue weighted by Gasteiger charge is 2.13. The molecule has 1 aromatic heterocycles. The zero-order valence-corrected chi connectivity index (χ0v) is 11.7. The molecule has 96 valence electrons. The first kappa shape index (κ1) is 12.3. The van der Waals surface area contributed by atoms with E-state index >= 15 is 0 Å². The molecule has 3 nitrogen and oxygen atoms in total. The van der Waals surface area contributed by atoms with Crippen molar-refractivity contribution in [3.8, 4) is 11.4 Å². The molecule has 0 bridgehead atoms. The van der Waals surface area contributed by atoms with Crippen molar-refractivity contribution >= 4 is 33.2 Å². The van der Waals surface area contributed by atoms with E-state index in [2.05, 4.69) is 0 Å². The maximum absolute atomic E-state index is 12.4. The SMILES string of the molecule is COc1ccc(Cl)cc1-n1sc2ccccc2c1=O. The maximum Gasteiger partial charge on any atom is 0.273 e. The molecule has 0 amide bonds. The van der Waals surface area contributed by atoms with Crippen LogP contribution in [-0.4, -0.2) is 11.1 Å². The van der Waals surface area contributed by atoms with Crippen LogP contribution >= 0.6 is 23.1 Å². The number of fused-ring (bicyclic) bond motifs is 1. The van der Waals surface area contributed by atoms with E-state index in [4.69, 9.17) is 16.3 Å². The lowest BCUT2D eigenvalue weighted by atomic mass is 10.2. The van der Waals surface area contributed by atoms with Crippen molar-refractivity contribution < 1.29 is 4.74 Å². The number of benzene rings is 2. The van der Waals surface area contributed by atoms with E-state index < -0.39 is 0 Å². The normalized spacial score (nSPS) is 10.8. The molecule has 2 aromatic carbocycles. The molecule has 3 rings (SSSR count). The Morgan fingerprint density at radius 2 is 2.00 bits per heavy atom. The lowest BCUT2D eigenvalue weighted by Gasteiger charge is -2.07. The van der Waals surface area contributed by atoms with E-state index in [-0.39, 0.29) is 5.56 Å². The Kier molecular flexibility index (Phi) is 3.05. The van der Waals surface area contributed by atoms with E-state index in [0.29, 0.717) is 21.8 Å². The van der Waals surface area contributed by atoms with E-state index in [0.717, 1.165) is 4.70 Å². The number of hydrogen-bond donors (Lipinski definition) is 0. The first-order valence-corrected chi connectivity index (χ1v) is 6.81. The Balaban J connectivity index is 2.33. The van der Waals surface area contributed by atoms with Gasteiger partial charge in [0.25, 0.3) is 5.56 Å². The molecule has 0 spiro atoms. The Hall–Kier alpha value is -1.78. The number of halogens is 1. The minimum atomic E-state index is -0.0545. The summed E-state index contributed by atoms with van der Waals surface area (Å²) in [6.45, 7) is 0.